The number of aryl methyl sites for hydroxylation is 1. The van der Waals surface area contributed by atoms with Crippen molar-refractivity contribution >= 4 is 70.0 Å². The van der Waals surface area contributed by atoms with Crippen LogP contribution < -0.4 is 11.1 Å². The van der Waals surface area contributed by atoms with Gasteiger partial charge in [0.25, 0.3) is 5.91 Å². The van der Waals surface area contributed by atoms with Gasteiger partial charge in [-0.1, -0.05) is 28.7 Å². The maximum atomic E-state index is 12.8. The van der Waals surface area contributed by atoms with Crippen LogP contribution in [0.2, 0.25) is 0 Å². The number of aliphatic carboxylic acids is 2. The van der Waals surface area contributed by atoms with Crippen LogP contribution >= 0.6 is 34.9 Å². The predicted octanol–water partition coefficient (Wildman–Crippen LogP) is -0.476. The minimum atomic E-state index is -1.55. The van der Waals surface area contributed by atoms with Crippen LogP contribution in [0.15, 0.2) is 27.0 Å². The third-order valence-electron chi connectivity index (χ3n) is 5.21. The minimum absolute atomic E-state index is 0.0189. The summed E-state index contributed by atoms with van der Waals surface area (Å²) in [5.74, 6) is -3.64. The highest BCUT2D eigenvalue weighted by molar-refractivity contribution is 8.01. The molecule has 2 aliphatic rings. The number of amides is 2. The molecule has 19 heteroatoms. The third kappa shape index (κ3) is 5.23. The zero-order chi connectivity index (χ0) is 26.7. The molecule has 16 nitrogen and oxygen atoms in total. The number of rotatable bonds is 11. The van der Waals surface area contributed by atoms with Crippen molar-refractivity contribution in [2.75, 3.05) is 18.6 Å². The largest absolute Gasteiger partial charge is 0.481 e. The van der Waals surface area contributed by atoms with Crippen molar-refractivity contribution in [2.45, 2.75) is 34.8 Å². The summed E-state index contributed by atoms with van der Waals surface area (Å²) >= 11 is 3.24. The maximum absolute atomic E-state index is 12.8. The van der Waals surface area contributed by atoms with Gasteiger partial charge in [-0.15, -0.1) is 16.4 Å². The van der Waals surface area contributed by atoms with E-state index < -0.39 is 28.1 Å². The van der Waals surface area contributed by atoms with Gasteiger partial charge in [-0.05, 0) is 10.4 Å². The van der Waals surface area contributed by atoms with Gasteiger partial charge in [-0.3, -0.25) is 19.3 Å². The number of hydrogen-bond donors (Lipinski definition) is 4. The highest BCUT2D eigenvalue weighted by atomic mass is 32.2. The Morgan fingerprint density at radius 1 is 1.43 bits per heavy atom. The number of carbonyl (C=O) groups is 4. The van der Waals surface area contributed by atoms with Gasteiger partial charge >= 0.3 is 11.9 Å². The van der Waals surface area contributed by atoms with Gasteiger partial charge in [-0.2, -0.15) is 0 Å². The molecule has 0 spiro atoms. The average Bonchev–Trinajstić information content (AvgIpc) is 3.48. The second kappa shape index (κ2) is 10.7. The van der Waals surface area contributed by atoms with Gasteiger partial charge in [0.15, 0.2) is 10.0 Å². The second-order valence-corrected chi connectivity index (χ2v) is 10.7. The van der Waals surface area contributed by atoms with E-state index in [9.17, 15) is 24.3 Å². The summed E-state index contributed by atoms with van der Waals surface area (Å²) in [6, 6.07) is 0. The van der Waals surface area contributed by atoms with Gasteiger partial charge in [0.1, 0.15) is 19.0 Å². The molecule has 0 radical (unpaired) electrons. The van der Waals surface area contributed by atoms with Gasteiger partial charge in [0, 0.05) is 16.7 Å². The van der Waals surface area contributed by atoms with Crippen LogP contribution in [0.4, 0.5) is 5.13 Å². The van der Waals surface area contributed by atoms with Crippen LogP contribution in [0.5, 0.6) is 0 Å². The fourth-order valence-electron chi connectivity index (χ4n) is 3.66. The van der Waals surface area contributed by atoms with E-state index in [1.807, 2.05) is 0 Å². The van der Waals surface area contributed by atoms with Crippen molar-refractivity contribution in [1.82, 2.24) is 35.4 Å². The first-order chi connectivity index (χ1) is 17.7. The quantitative estimate of drug-likeness (QED) is 0.116. The number of nitrogen functional groups attached to an aromatic ring is 1. The normalized spacial score (nSPS) is 21.1. The summed E-state index contributed by atoms with van der Waals surface area (Å²) in [5, 5.41) is 38.1. The first-order valence-electron chi connectivity index (χ1n) is 10.3. The van der Waals surface area contributed by atoms with Gasteiger partial charge in [-0.25, -0.2) is 14.5 Å². The molecule has 2 aliphatic heterocycles. The molecule has 1 fully saturated rings. The smallest absolute Gasteiger partial charge is 0.352 e. The number of aromatic nitrogens is 5. The lowest BCUT2D eigenvalue weighted by Gasteiger charge is -2.51. The molecular weight excluding hydrogens is 550 g/mol. The van der Waals surface area contributed by atoms with E-state index in [2.05, 4.69) is 35.8 Å². The van der Waals surface area contributed by atoms with Gasteiger partial charge < -0.3 is 26.1 Å². The topological polar surface area (TPSA) is 228 Å². The molecule has 0 bridgehead atoms. The molecule has 1 unspecified atom stereocenters. The van der Waals surface area contributed by atoms with E-state index >= 15 is 0 Å². The van der Waals surface area contributed by atoms with Gasteiger partial charge in [0.2, 0.25) is 11.1 Å². The maximum Gasteiger partial charge on any atom is 0.352 e. The predicted molar refractivity (Wildman–Crippen MR) is 130 cm³/mol. The minimum Gasteiger partial charge on any atom is -0.481 e. The molecule has 4 rings (SSSR count). The Morgan fingerprint density at radius 2 is 2.22 bits per heavy atom. The number of β-lactam (4-membered cyclic amide) rings is 1. The number of thioether (sulfide) groups is 2. The first kappa shape index (κ1) is 26.4. The molecule has 0 aliphatic carbocycles. The Morgan fingerprint density at radius 3 is 2.84 bits per heavy atom. The fraction of sp³-hybridized carbons (Fsp3) is 0.389. The molecule has 37 heavy (non-hydrogen) atoms. The summed E-state index contributed by atoms with van der Waals surface area (Å²) in [6.45, 7) is -0.0189. The number of carboxylic acids is 2. The summed E-state index contributed by atoms with van der Waals surface area (Å²) in [6.07, 6.45) is 0.700. The molecule has 196 valence electrons. The third-order valence-corrected chi connectivity index (χ3v) is 8.43. The van der Waals surface area contributed by atoms with Crippen molar-refractivity contribution in [3.8, 4) is 0 Å². The number of anilines is 1. The molecule has 4 heterocycles. The van der Waals surface area contributed by atoms with E-state index in [1.165, 1.54) is 16.7 Å². The van der Waals surface area contributed by atoms with Crippen LogP contribution in [-0.2, 0) is 35.4 Å². The summed E-state index contributed by atoms with van der Waals surface area (Å²) < 4.78 is 1.26. The Labute approximate surface area is 220 Å². The highest BCUT2D eigenvalue weighted by Gasteiger charge is 2.56. The molecule has 5 N–H and O–H groups in total. The van der Waals surface area contributed by atoms with E-state index in [-0.39, 0.29) is 58.3 Å². The fourth-order valence-corrected chi connectivity index (χ4v) is 7.09. The van der Waals surface area contributed by atoms with Crippen LogP contribution in [0.25, 0.3) is 0 Å². The number of nitrogens with one attached hydrogen (secondary N) is 1. The standard InChI is InChI=1S/C18H19N9O7S3/c1-34-20-5-10(28)22-18(9-7-35-16(19)21-9)8(14(15(32)33)27-11(29)4-12(27)37-18)6-36-17-23-24-25-26(17)3-2-13(30)31/h5,7,12H,2-4,6H2,1H3,(H2,19,21)(H,22,28)(H,30,31)(H,32,33)/t12-,18?/m0/s1. The van der Waals surface area contributed by atoms with E-state index in [0.29, 0.717) is 0 Å². The van der Waals surface area contributed by atoms with Crippen LogP contribution in [0, 0.1) is 0 Å². The number of thiazole rings is 1. The van der Waals surface area contributed by atoms with E-state index in [0.717, 1.165) is 41.1 Å². The Kier molecular flexibility index (Phi) is 7.64. The summed E-state index contributed by atoms with van der Waals surface area (Å²) in [5.41, 5.74) is 5.95. The van der Waals surface area contributed by atoms with Crippen LogP contribution in [-0.4, -0.2) is 88.5 Å². The molecule has 2 aromatic heterocycles. The van der Waals surface area contributed by atoms with Crippen molar-refractivity contribution in [2.24, 2.45) is 5.16 Å². The zero-order valence-corrected chi connectivity index (χ0v) is 21.4. The van der Waals surface area contributed by atoms with Crippen molar-refractivity contribution < 1.29 is 34.2 Å². The molecule has 0 aromatic carbocycles. The second-order valence-electron chi connectivity index (χ2n) is 7.45. The monoisotopic (exact) mass is 569 g/mol. The number of fused-ring (bicyclic) bond motifs is 1. The molecule has 0 saturated carbocycles. The number of hydrogen-bond acceptors (Lipinski definition) is 14. The van der Waals surface area contributed by atoms with Gasteiger partial charge in [0.05, 0.1) is 30.5 Å². The summed E-state index contributed by atoms with van der Waals surface area (Å²) in [7, 11) is 1.26. The SMILES string of the molecule is CON=CC(=O)NC1(c2csc(N)n2)S[C@H]2CC(=O)N2C(C(=O)O)=C1CSc1nnnn1CCC(=O)O. The van der Waals surface area contributed by atoms with Crippen molar-refractivity contribution in [3.05, 3.63) is 22.3 Å². The molecule has 2 aromatic rings. The van der Waals surface area contributed by atoms with E-state index in [4.69, 9.17) is 10.8 Å². The number of carboxylic acid groups (broad SMARTS) is 2. The Bertz CT molecular complexity index is 1310. The number of carbonyl (C=O) groups excluding carboxylic acids is 2. The molecule has 2 amide bonds. The Balaban J connectivity index is 1.81. The molecule has 1 saturated heterocycles. The van der Waals surface area contributed by atoms with Crippen LogP contribution in [0.1, 0.15) is 18.5 Å². The lowest BCUT2D eigenvalue weighted by atomic mass is 9.98. The van der Waals surface area contributed by atoms with Crippen molar-refractivity contribution in [3.63, 3.8) is 0 Å². The zero-order valence-electron chi connectivity index (χ0n) is 18.9. The molecule has 2 atom stereocenters. The lowest BCUT2D eigenvalue weighted by molar-refractivity contribution is -0.146. The number of nitrogens with two attached hydrogens (primary N) is 1. The molecular formula is C18H19N9O7S3. The lowest BCUT2D eigenvalue weighted by Crippen LogP contribution is -2.61. The van der Waals surface area contributed by atoms with E-state index in [1.54, 1.807) is 5.38 Å². The highest BCUT2D eigenvalue weighted by Crippen LogP contribution is 2.55. The number of oxime groups is 1. The average molecular weight is 570 g/mol. The Hall–Kier alpha value is -3.71. The van der Waals surface area contributed by atoms with Crippen LogP contribution in [0.3, 0.4) is 0 Å². The number of nitrogens with zero attached hydrogens (tertiary/aromatic N) is 7. The summed E-state index contributed by atoms with van der Waals surface area (Å²) in [4.78, 5) is 57.3. The first-order valence-corrected chi connectivity index (χ1v) is 13.1. The number of tetrazole rings is 1. The van der Waals surface area contributed by atoms with Crippen molar-refractivity contribution in [1.29, 1.82) is 0 Å².